The fourth-order valence-corrected chi connectivity index (χ4v) is 4.78. The van der Waals surface area contributed by atoms with E-state index in [0.29, 0.717) is 61.0 Å². The van der Waals surface area contributed by atoms with E-state index in [1.807, 2.05) is 0 Å². The SMILES string of the molecule is CC(C)(F)CN1CCC(COc2ccc(-c3ccc(C(=O)N4CC[C@H](O)C4)cc3)c(F)c2)CC1. The monoisotopic (exact) mass is 472 g/mol. The number of likely N-dealkylation sites (tertiary alicyclic amines) is 2. The summed E-state index contributed by atoms with van der Waals surface area (Å²) in [6.07, 6.45) is 2.02. The van der Waals surface area contributed by atoms with Crippen LogP contribution in [0.3, 0.4) is 0 Å². The molecule has 184 valence electrons. The second-order valence-electron chi connectivity index (χ2n) is 10.2. The van der Waals surface area contributed by atoms with Crippen molar-refractivity contribution in [2.75, 3.05) is 39.3 Å². The summed E-state index contributed by atoms with van der Waals surface area (Å²) in [6, 6.07) is 11.7. The number of aliphatic hydroxyl groups is 1. The summed E-state index contributed by atoms with van der Waals surface area (Å²) in [7, 11) is 0. The topological polar surface area (TPSA) is 53.0 Å². The van der Waals surface area contributed by atoms with Crippen molar-refractivity contribution in [1.29, 1.82) is 0 Å². The van der Waals surface area contributed by atoms with Gasteiger partial charge in [0.05, 0.1) is 12.7 Å². The Morgan fingerprint density at radius 3 is 2.38 bits per heavy atom. The van der Waals surface area contributed by atoms with Crippen molar-refractivity contribution in [2.45, 2.75) is 44.9 Å². The molecule has 2 aliphatic heterocycles. The van der Waals surface area contributed by atoms with E-state index in [2.05, 4.69) is 4.90 Å². The predicted octanol–water partition coefficient (Wildman–Crippen LogP) is 4.54. The van der Waals surface area contributed by atoms with Crippen molar-refractivity contribution in [3.8, 4) is 16.9 Å². The van der Waals surface area contributed by atoms with Gasteiger partial charge in [-0.3, -0.25) is 4.79 Å². The zero-order valence-electron chi connectivity index (χ0n) is 20.0. The Morgan fingerprint density at radius 1 is 1.09 bits per heavy atom. The van der Waals surface area contributed by atoms with E-state index in [1.54, 1.807) is 55.1 Å². The molecule has 2 aliphatic rings. The van der Waals surface area contributed by atoms with E-state index < -0.39 is 11.8 Å². The summed E-state index contributed by atoms with van der Waals surface area (Å²) in [4.78, 5) is 16.3. The van der Waals surface area contributed by atoms with Gasteiger partial charge in [0.25, 0.3) is 5.91 Å². The molecular weight excluding hydrogens is 438 g/mol. The number of carbonyl (C=O) groups is 1. The van der Waals surface area contributed by atoms with Gasteiger partial charge in [-0.05, 0) is 81.9 Å². The highest BCUT2D eigenvalue weighted by Gasteiger charge is 2.26. The number of hydrogen-bond donors (Lipinski definition) is 1. The van der Waals surface area contributed by atoms with Gasteiger partial charge in [-0.15, -0.1) is 0 Å². The third-order valence-corrected chi connectivity index (χ3v) is 6.63. The summed E-state index contributed by atoms with van der Waals surface area (Å²) in [5, 5.41) is 9.64. The smallest absolute Gasteiger partial charge is 0.253 e. The van der Waals surface area contributed by atoms with Crippen LogP contribution in [0.2, 0.25) is 0 Å². The number of rotatable bonds is 7. The van der Waals surface area contributed by atoms with Crippen molar-refractivity contribution in [3.63, 3.8) is 0 Å². The van der Waals surface area contributed by atoms with Crippen molar-refractivity contribution < 1.29 is 23.4 Å². The number of hydrogen-bond acceptors (Lipinski definition) is 4. The van der Waals surface area contributed by atoms with Crippen LogP contribution in [0.1, 0.15) is 43.5 Å². The number of halogens is 2. The molecule has 0 unspecified atom stereocenters. The number of amides is 1. The molecule has 1 atom stereocenters. The van der Waals surface area contributed by atoms with Crippen molar-refractivity contribution in [1.82, 2.24) is 9.80 Å². The highest BCUT2D eigenvalue weighted by atomic mass is 19.1. The van der Waals surface area contributed by atoms with Gasteiger partial charge in [0.2, 0.25) is 0 Å². The van der Waals surface area contributed by atoms with E-state index >= 15 is 0 Å². The summed E-state index contributed by atoms with van der Waals surface area (Å²) in [5.41, 5.74) is 0.477. The first-order valence-corrected chi connectivity index (χ1v) is 12.1. The molecule has 1 N–H and O–H groups in total. The molecule has 2 heterocycles. The van der Waals surface area contributed by atoms with E-state index in [-0.39, 0.29) is 11.7 Å². The third kappa shape index (κ3) is 6.33. The van der Waals surface area contributed by atoms with Crippen molar-refractivity contribution >= 4 is 5.91 Å². The van der Waals surface area contributed by atoms with Gasteiger partial charge in [0.15, 0.2) is 0 Å². The van der Waals surface area contributed by atoms with Crippen LogP contribution in [0.15, 0.2) is 42.5 Å². The second-order valence-corrected chi connectivity index (χ2v) is 10.2. The first-order chi connectivity index (χ1) is 16.2. The minimum atomic E-state index is -1.18. The normalized spacial score (nSPS) is 20.0. The van der Waals surface area contributed by atoms with E-state index in [4.69, 9.17) is 4.74 Å². The summed E-state index contributed by atoms with van der Waals surface area (Å²) in [5.74, 6) is 0.377. The second kappa shape index (κ2) is 10.4. The number of benzene rings is 2. The quantitative estimate of drug-likeness (QED) is 0.643. The van der Waals surface area contributed by atoms with Crippen LogP contribution in [0.5, 0.6) is 5.75 Å². The largest absolute Gasteiger partial charge is 0.493 e. The molecule has 0 aliphatic carbocycles. The fraction of sp³-hybridized carbons (Fsp3) is 0.519. The van der Waals surface area contributed by atoms with E-state index in [9.17, 15) is 18.7 Å². The lowest BCUT2D eigenvalue weighted by atomic mass is 9.97. The predicted molar refractivity (Wildman–Crippen MR) is 128 cm³/mol. The Bertz CT molecular complexity index is 982. The number of ether oxygens (including phenoxy) is 1. The van der Waals surface area contributed by atoms with Crippen LogP contribution in [0.4, 0.5) is 8.78 Å². The van der Waals surface area contributed by atoms with Gasteiger partial charge in [0, 0.05) is 36.8 Å². The molecule has 5 nitrogen and oxygen atoms in total. The Hall–Kier alpha value is -2.51. The number of alkyl halides is 1. The standard InChI is InChI=1S/C27H34F2N2O3/c1-27(2,29)18-30-12-9-19(10-13-30)17-34-23-7-8-24(25(28)15-23)20-3-5-21(6-4-20)26(33)31-14-11-22(32)16-31/h3-8,15,19,22,32H,9-14,16-18H2,1-2H3/t22-/m0/s1. The highest BCUT2D eigenvalue weighted by Crippen LogP contribution is 2.28. The first-order valence-electron chi connectivity index (χ1n) is 12.1. The highest BCUT2D eigenvalue weighted by molar-refractivity contribution is 5.95. The van der Waals surface area contributed by atoms with Gasteiger partial charge in [-0.2, -0.15) is 0 Å². The fourth-order valence-electron chi connectivity index (χ4n) is 4.78. The Morgan fingerprint density at radius 2 is 1.79 bits per heavy atom. The zero-order chi connectivity index (χ0) is 24.3. The molecule has 2 fully saturated rings. The lowest BCUT2D eigenvalue weighted by molar-refractivity contribution is 0.0765. The minimum absolute atomic E-state index is 0.119. The number of aliphatic hydroxyl groups excluding tert-OH is 1. The Kier molecular flexibility index (Phi) is 7.53. The van der Waals surface area contributed by atoms with Gasteiger partial charge < -0.3 is 19.6 Å². The van der Waals surface area contributed by atoms with Gasteiger partial charge in [-0.1, -0.05) is 12.1 Å². The summed E-state index contributed by atoms with van der Waals surface area (Å²) in [6.45, 7) is 6.79. The minimum Gasteiger partial charge on any atom is -0.493 e. The van der Waals surface area contributed by atoms with Gasteiger partial charge >= 0.3 is 0 Å². The van der Waals surface area contributed by atoms with Crippen LogP contribution < -0.4 is 4.74 Å². The maximum absolute atomic E-state index is 14.8. The van der Waals surface area contributed by atoms with E-state index in [1.165, 1.54) is 6.07 Å². The summed E-state index contributed by atoms with van der Waals surface area (Å²) >= 11 is 0. The number of carbonyl (C=O) groups excluding carboxylic acids is 1. The van der Waals surface area contributed by atoms with Crippen LogP contribution in [-0.4, -0.2) is 71.9 Å². The first kappa shape index (κ1) is 24.6. The number of piperidine rings is 1. The van der Waals surface area contributed by atoms with Gasteiger partial charge in [0.1, 0.15) is 17.2 Å². The number of β-amino-alcohol motifs (C(OH)–C–C–N with tert-alkyl or cyclic N) is 1. The Balaban J connectivity index is 1.31. The molecule has 0 spiro atoms. The molecule has 4 rings (SSSR count). The van der Waals surface area contributed by atoms with Crippen molar-refractivity contribution in [2.24, 2.45) is 5.92 Å². The molecule has 2 saturated heterocycles. The van der Waals surface area contributed by atoms with Crippen LogP contribution >= 0.6 is 0 Å². The Labute approximate surface area is 200 Å². The van der Waals surface area contributed by atoms with Crippen LogP contribution in [0.25, 0.3) is 11.1 Å². The molecule has 2 aromatic rings. The number of nitrogens with zero attached hydrogens (tertiary/aromatic N) is 2. The van der Waals surface area contributed by atoms with E-state index in [0.717, 1.165) is 25.9 Å². The third-order valence-electron chi connectivity index (χ3n) is 6.63. The molecular formula is C27H34F2N2O3. The van der Waals surface area contributed by atoms with Crippen molar-refractivity contribution in [3.05, 3.63) is 53.8 Å². The zero-order valence-corrected chi connectivity index (χ0v) is 20.0. The maximum Gasteiger partial charge on any atom is 0.253 e. The summed E-state index contributed by atoms with van der Waals surface area (Å²) < 4.78 is 34.5. The lowest BCUT2D eigenvalue weighted by Gasteiger charge is -2.34. The molecule has 7 heteroatoms. The van der Waals surface area contributed by atoms with Crippen LogP contribution in [0, 0.1) is 11.7 Å². The molecule has 0 bridgehead atoms. The molecule has 34 heavy (non-hydrogen) atoms. The average Bonchev–Trinajstić information content (AvgIpc) is 3.24. The van der Waals surface area contributed by atoms with Crippen LogP contribution in [-0.2, 0) is 0 Å². The molecule has 0 saturated carbocycles. The molecule has 0 radical (unpaired) electrons. The average molecular weight is 473 g/mol. The van der Waals surface area contributed by atoms with Gasteiger partial charge in [-0.25, -0.2) is 8.78 Å². The lowest BCUT2D eigenvalue weighted by Crippen LogP contribution is -2.41. The molecule has 2 aromatic carbocycles. The maximum atomic E-state index is 14.8. The molecule has 1 amide bonds. The molecule has 0 aromatic heterocycles.